The van der Waals surface area contributed by atoms with Gasteiger partial charge in [0.2, 0.25) is 0 Å². The van der Waals surface area contributed by atoms with Crippen LogP contribution in [0.25, 0.3) is 0 Å². The van der Waals surface area contributed by atoms with E-state index in [0.717, 1.165) is 11.4 Å². The number of para-hydroxylation sites is 4. The van der Waals surface area contributed by atoms with Gasteiger partial charge in [-0.2, -0.15) is 0 Å². The second-order valence-corrected chi connectivity index (χ2v) is 17.3. The van der Waals surface area contributed by atoms with Crippen molar-refractivity contribution in [2.45, 2.75) is 105 Å². The van der Waals surface area contributed by atoms with E-state index in [1.54, 1.807) is 0 Å². The zero-order valence-electron chi connectivity index (χ0n) is 31.4. The first-order valence-electron chi connectivity index (χ1n) is 17.5. The molecule has 0 fully saturated rings. The number of rotatable bonds is 6. The molecule has 0 radical (unpaired) electrons. The summed E-state index contributed by atoms with van der Waals surface area (Å²) < 4.78 is 0. The fraction of sp³-hybridized carbons (Fsp3) is 0.348. The number of anilines is 6. The second kappa shape index (κ2) is 13.0. The lowest BCUT2D eigenvalue weighted by Crippen LogP contribution is -2.24. The third kappa shape index (κ3) is 7.24. The van der Waals surface area contributed by atoms with Crippen LogP contribution in [-0.2, 0) is 21.7 Å². The minimum atomic E-state index is -0.0491. The normalized spacial score (nSPS) is 12.6. The summed E-state index contributed by atoms with van der Waals surface area (Å²) in [6, 6.07) is 44.8. The van der Waals surface area contributed by atoms with E-state index >= 15 is 0 Å². The summed E-state index contributed by atoms with van der Waals surface area (Å²) in [4.78, 5) is 4.99. The van der Waals surface area contributed by atoms with Gasteiger partial charge in [0.1, 0.15) is 0 Å². The Labute approximate surface area is 291 Å². The van der Waals surface area contributed by atoms with E-state index in [0.29, 0.717) is 0 Å². The summed E-state index contributed by atoms with van der Waals surface area (Å²) in [7, 11) is 0. The van der Waals surface area contributed by atoms with Gasteiger partial charge < -0.3 is 9.80 Å². The molecule has 0 atom stereocenters. The maximum absolute atomic E-state index is 2.49. The monoisotopic (exact) mass is 636 g/mol. The number of hydrogen-bond acceptors (Lipinski definition) is 2. The van der Waals surface area contributed by atoms with Gasteiger partial charge in [-0.3, -0.25) is 0 Å². The van der Waals surface area contributed by atoms with Crippen LogP contribution in [0, 0.1) is 0 Å². The molecule has 5 rings (SSSR count). The van der Waals surface area contributed by atoms with Gasteiger partial charge in [0, 0.05) is 34.1 Å². The van der Waals surface area contributed by atoms with E-state index in [1.807, 2.05) is 0 Å². The Morgan fingerprint density at radius 2 is 0.521 bits per heavy atom. The van der Waals surface area contributed by atoms with E-state index in [4.69, 9.17) is 0 Å². The molecule has 0 saturated carbocycles. The van der Waals surface area contributed by atoms with Crippen LogP contribution in [0.2, 0.25) is 0 Å². The molecular formula is C46H56N2. The third-order valence-corrected chi connectivity index (χ3v) is 9.16. The fourth-order valence-corrected chi connectivity index (χ4v) is 6.80. The summed E-state index contributed by atoms with van der Waals surface area (Å²) in [6.07, 6.45) is 0. The molecule has 250 valence electrons. The second-order valence-electron chi connectivity index (χ2n) is 17.3. The van der Waals surface area contributed by atoms with Crippen LogP contribution in [0.5, 0.6) is 0 Å². The van der Waals surface area contributed by atoms with Crippen molar-refractivity contribution < 1.29 is 0 Å². The van der Waals surface area contributed by atoms with Crippen LogP contribution >= 0.6 is 0 Å². The Hall–Kier alpha value is -4.30. The number of benzene rings is 5. The predicted octanol–water partition coefficient (Wildman–Crippen LogP) is 13.8. The highest BCUT2D eigenvalue weighted by Gasteiger charge is 2.30. The van der Waals surface area contributed by atoms with Crippen molar-refractivity contribution in [2.75, 3.05) is 9.80 Å². The fourth-order valence-electron chi connectivity index (χ4n) is 6.80. The molecule has 0 aliphatic rings. The summed E-state index contributed by atoms with van der Waals surface area (Å²) >= 11 is 0. The van der Waals surface area contributed by atoms with Crippen LogP contribution in [0.1, 0.15) is 105 Å². The molecule has 0 spiro atoms. The SMILES string of the molecule is CC(C)(C)c1ccccc1N(c1cccc(N(c2ccccc2C(C)(C)C)c2ccccc2C(C)(C)C)c1)c1ccccc1C(C)(C)C. The summed E-state index contributed by atoms with van der Waals surface area (Å²) in [6.45, 7) is 27.7. The van der Waals surface area contributed by atoms with Crippen LogP contribution in [-0.4, -0.2) is 0 Å². The molecule has 2 nitrogen and oxygen atoms in total. The summed E-state index contributed by atoms with van der Waals surface area (Å²) in [5, 5.41) is 0. The van der Waals surface area contributed by atoms with Crippen molar-refractivity contribution in [1.82, 2.24) is 0 Å². The highest BCUT2D eigenvalue weighted by atomic mass is 15.2. The Morgan fingerprint density at radius 1 is 0.292 bits per heavy atom. The van der Waals surface area contributed by atoms with Gasteiger partial charge in [-0.05, 0) is 86.4 Å². The van der Waals surface area contributed by atoms with Crippen LogP contribution in [0.3, 0.4) is 0 Å². The molecule has 0 saturated heterocycles. The van der Waals surface area contributed by atoms with Gasteiger partial charge in [-0.1, -0.05) is 162 Å². The molecule has 0 aromatic heterocycles. The molecule has 0 amide bonds. The first kappa shape index (κ1) is 35.0. The predicted molar refractivity (Wildman–Crippen MR) is 211 cm³/mol. The number of hydrogen-bond donors (Lipinski definition) is 0. The molecular weight excluding hydrogens is 581 g/mol. The molecule has 48 heavy (non-hydrogen) atoms. The zero-order chi connectivity index (χ0) is 35.1. The topological polar surface area (TPSA) is 6.48 Å². The van der Waals surface area contributed by atoms with E-state index in [1.165, 1.54) is 45.0 Å². The molecule has 0 aliphatic heterocycles. The van der Waals surface area contributed by atoms with Crippen LogP contribution in [0.4, 0.5) is 34.1 Å². The Morgan fingerprint density at radius 3 is 0.750 bits per heavy atom. The van der Waals surface area contributed by atoms with Gasteiger partial charge in [0.05, 0.1) is 0 Å². The average Bonchev–Trinajstić information content (AvgIpc) is 3.01. The lowest BCUT2D eigenvalue weighted by molar-refractivity contribution is 0.586. The molecule has 0 heterocycles. The third-order valence-electron chi connectivity index (χ3n) is 9.16. The van der Waals surface area contributed by atoms with E-state index in [-0.39, 0.29) is 21.7 Å². The van der Waals surface area contributed by atoms with Crippen molar-refractivity contribution in [3.8, 4) is 0 Å². The van der Waals surface area contributed by atoms with Crippen molar-refractivity contribution in [3.63, 3.8) is 0 Å². The molecule has 0 N–H and O–H groups in total. The minimum Gasteiger partial charge on any atom is -0.310 e. The molecule has 5 aromatic rings. The standard InChI is InChI=1S/C46H56N2/c1-43(2,3)35-24-13-17-28-39(35)47(40-29-18-14-25-36(40)44(4,5)6)33-22-21-23-34(32-33)48(41-30-19-15-26-37(41)45(7,8)9)42-31-20-16-27-38(42)46(10,11)12/h13-32H,1-12H3. The van der Waals surface area contributed by atoms with Crippen molar-refractivity contribution in [2.24, 2.45) is 0 Å². The van der Waals surface area contributed by atoms with Crippen molar-refractivity contribution in [1.29, 1.82) is 0 Å². The number of nitrogens with zero attached hydrogens (tertiary/aromatic N) is 2. The lowest BCUT2D eigenvalue weighted by Gasteiger charge is -2.37. The molecule has 0 aliphatic carbocycles. The first-order chi connectivity index (χ1) is 22.4. The Balaban J connectivity index is 1.86. The molecule has 5 aromatic carbocycles. The average molecular weight is 637 g/mol. The van der Waals surface area contributed by atoms with Gasteiger partial charge in [0.15, 0.2) is 0 Å². The van der Waals surface area contributed by atoms with Crippen LogP contribution in [0.15, 0.2) is 121 Å². The first-order valence-corrected chi connectivity index (χ1v) is 17.5. The van der Waals surface area contributed by atoms with Gasteiger partial charge in [-0.15, -0.1) is 0 Å². The molecule has 0 bridgehead atoms. The van der Waals surface area contributed by atoms with E-state index in [2.05, 4.69) is 214 Å². The Kier molecular flexibility index (Phi) is 9.45. The molecule has 0 unspecified atom stereocenters. The van der Waals surface area contributed by atoms with Crippen molar-refractivity contribution in [3.05, 3.63) is 144 Å². The van der Waals surface area contributed by atoms with Gasteiger partial charge >= 0.3 is 0 Å². The maximum atomic E-state index is 2.49. The van der Waals surface area contributed by atoms with Gasteiger partial charge in [-0.25, -0.2) is 0 Å². The summed E-state index contributed by atoms with van der Waals surface area (Å²) in [5.74, 6) is 0. The van der Waals surface area contributed by atoms with Crippen molar-refractivity contribution >= 4 is 34.1 Å². The quantitative estimate of drug-likeness (QED) is 0.183. The Bertz CT molecular complexity index is 1620. The highest BCUT2D eigenvalue weighted by Crippen LogP contribution is 2.48. The van der Waals surface area contributed by atoms with Crippen LogP contribution < -0.4 is 9.80 Å². The maximum Gasteiger partial charge on any atom is 0.0499 e. The minimum absolute atomic E-state index is 0.0491. The summed E-state index contributed by atoms with van der Waals surface area (Å²) in [5.41, 5.74) is 12.1. The zero-order valence-corrected chi connectivity index (χ0v) is 31.4. The lowest BCUT2D eigenvalue weighted by atomic mass is 9.83. The molecule has 2 heteroatoms. The van der Waals surface area contributed by atoms with E-state index < -0.39 is 0 Å². The highest BCUT2D eigenvalue weighted by molar-refractivity contribution is 5.87. The smallest absolute Gasteiger partial charge is 0.0499 e. The van der Waals surface area contributed by atoms with E-state index in [9.17, 15) is 0 Å². The largest absolute Gasteiger partial charge is 0.310 e. The van der Waals surface area contributed by atoms with Gasteiger partial charge in [0.25, 0.3) is 0 Å².